The minimum atomic E-state index is -0.800. The maximum absolute atomic E-state index is 6.65. The van der Waals surface area contributed by atoms with Crippen molar-refractivity contribution in [1.82, 2.24) is 10.6 Å². The molecular weight excluding hydrogens is 391 g/mol. The summed E-state index contributed by atoms with van der Waals surface area (Å²) >= 11 is 12.9. The quantitative estimate of drug-likeness (QED) is 0.278. The SMILES string of the molecule is CC(Cl)C(Cl)(NCCc1ccccc1)NCCc1ccccc1.[Cu]. The van der Waals surface area contributed by atoms with E-state index in [2.05, 4.69) is 34.9 Å². The topological polar surface area (TPSA) is 24.1 Å². The van der Waals surface area contributed by atoms with Crippen LogP contribution in [0, 0.1) is 0 Å². The van der Waals surface area contributed by atoms with Gasteiger partial charge >= 0.3 is 0 Å². The second-order valence-electron chi connectivity index (χ2n) is 5.65. The van der Waals surface area contributed by atoms with Gasteiger partial charge in [0.05, 0.1) is 5.38 Å². The van der Waals surface area contributed by atoms with Gasteiger partial charge in [-0.3, -0.25) is 10.6 Å². The molecule has 0 spiro atoms. The van der Waals surface area contributed by atoms with Gasteiger partial charge in [-0.05, 0) is 30.9 Å². The summed E-state index contributed by atoms with van der Waals surface area (Å²) in [4.78, 5) is 0. The first-order chi connectivity index (χ1) is 11.1. The molecule has 0 fully saturated rings. The zero-order chi connectivity index (χ0) is 16.5. The Kier molecular flexibility index (Phi) is 9.99. The van der Waals surface area contributed by atoms with Gasteiger partial charge in [0.2, 0.25) is 0 Å². The van der Waals surface area contributed by atoms with Crippen molar-refractivity contribution in [3.8, 4) is 0 Å². The first-order valence-corrected chi connectivity index (χ1v) is 8.82. The number of rotatable bonds is 9. The Morgan fingerprint density at radius 1 is 0.833 bits per heavy atom. The van der Waals surface area contributed by atoms with Crippen LogP contribution in [0.1, 0.15) is 18.1 Å². The number of hydrogen-bond donors (Lipinski definition) is 2. The van der Waals surface area contributed by atoms with E-state index in [0.717, 1.165) is 25.9 Å². The van der Waals surface area contributed by atoms with Crippen LogP contribution in [-0.4, -0.2) is 23.6 Å². The van der Waals surface area contributed by atoms with Crippen molar-refractivity contribution in [3.63, 3.8) is 0 Å². The summed E-state index contributed by atoms with van der Waals surface area (Å²) in [7, 11) is 0. The fourth-order valence-electron chi connectivity index (χ4n) is 2.41. The summed E-state index contributed by atoms with van der Waals surface area (Å²) in [6.45, 7) is 3.44. The summed E-state index contributed by atoms with van der Waals surface area (Å²) in [5.41, 5.74) is 2.57. The Balaban J connectivity index is 0.00000288. The van der Waals surface area contributed by atoms with Crippen molar-refractivity contribution in [2.75, 3.05) is 13.1 Å². The second kappa shape index (κ2) is 11.1. The molecule has 0 aliphatic heterocycles. The van der Waals surface area contributed by atoms with Gasteiger partial charge in [-0.15, -0.1) is 11.6 Å². The van der Waals surface area contributed by atoms with E-state index in [1.54, 1.807) is 0 Å². The molecule has 2 nitrogen and oxygen atoms in total. The van der Waals surface area contributed by atoms with Gasteiger partial charge < -0.3 is 0 Å². The molecule has 135 valence electrons. The van der Waals surface area contributed by atoms with Gasteiger partial charge in [0.25, 0.3) is 0 Å². The molecule has 0 bridgehead atoms. The van der Waals surface area contributed by atoms with E-state index in [1.807, 2.05) is 43.3 Å². The number of nitrogens with one attached hydrogen (secondary N) is 2. The van der Waals surface area contributed by atoms with E-state index in [9.17, 15) is 0 Å². The fraction of sp³-hybridized carbons (Fsp3) is 0.368. The van der Waals surface area contributed by atoms with Gasteiger partial charge in [0.15, 0.2) is 5.12 Å². The van der Waals surface area contributed by atoms with Crippen LogP contribution in [0.5, 0.6) is 0 Å². The molecule has 2 N–H and O–H groups in total. The predicted molar refractivity (Wildman–Crippen MR) is 100 cm³/mol. The maximum Gasteiger partial charge on any atom is 0.162 e. The van der Waals surface area contributed by atoms with Gasteiger partial charge in [0.1, 0.15) is 0 Å². The molecule has 0 saturated heterocycles. The Labute approximate surface area is 165 Å². The van der Waals surface area contributed by atoms with Gasteiger partial charge in [-0.2, -0.15) is 0 Å². The summed E-state index contributed by atoms with van der Waals surface area (Å²) in [6.07, 6.45) is 1.83. The molecule has 1 unspecified atom stereocenters. The zero-order valence-electron chi connectivity index (χ0n) is 13.7. The smallest absolute Gasteiger partial charge is 0.162 e. The van der Waals surface area contributed by atoms with Gasteiger partial charge in [-0.25, -0.2) is 0 Å². The average Bonchev–Trinajstić information content (AvgIpc) is 2.57. The van der Waals surface area contributed by atoms with Crippen LogP contribution in [0.4, 0.5) is 0 Å². The van der Waals surface area contributed by atoms with Gasteiger partial charge in [0, 0.05) is 30.2 Å². The minimum absolute atomic E-state index is 0. The van der Waals surface area contributed by atoms with E-state index < -0.39 is 5.12 Å². The zero-order valence-corrected chi connectivity index (χ0v) is 16.2. The molecule has 2 aromatic rings. The van der Waals surface area contributed by atoms with Crippen LogP contribution in [0.25, 0.3) is 0 Å². The van der Waals surface area contributed by atoms with Crippen molar-refractivity contribution in [2.45, 2.75) is 30.3 Å². The van der Waals surface area contributed by atoms with Crippen LogP contribution in [0.2, 0.25) is 0 Å². The van der Waals surface area contributed by atoms with Crippen molar-refractivity contribution in [2.24, 2.45) is 0 Å². The van der Waals surface area contributed by atoms with Crippen LogP contribution >= 0.6 is 23.2 Å². The van der Waals surface area contributed by atoms with Crippen LogP contribution in [0.3, 0.4) is 0 Å². The van der Waals surface area contributed by atoms with E-state index in [1.165, 1.54) is 11.1 Å². The van der Waals surface area contributed by atoms with E-state index in [0.29, 0.717) is 0 Å². The second-order valence-corrected chi connectivity index (χ2v) is 6.90. The Bertz CT molecular complexity index is 519. The molecule has 5 heteroatoms. The summed E-state index contributed by atoms with van der Waals surface area (Å²) < 4.78 is 0. The van der Waals surface area contributed by atoms with Gasteiger partial charge in [-0.1, -0.05) is 72.3 Å². The summed E-state index contributed by atoms with van der Waals surface area (Å²) in [5, 5.41) is 5.66. The Hall–Kier alpha value is -0.541. The number of alkyl halides is 2. The maximum atomic E-state index is 6.65. The van der Waals surface area contributed by atoms with Crippen molar-refractivity contribution < 1.29 is 17.1 Å². The number of halogens is 2. The van der Waals surface area contributed by atoms with Crippen LogP contribution in [0.15, 0.2) is 60.7 Å². The largest absolute Gasteiger partial charge is 0.285 e. The van der Waals surface area contributed by atoms with E-state index >= 15 is 0 Å². The van der Waals surface area contributed by atoms with Crippen molar-refractivity contribution >= 4 is 23.2 Å². The molecule has 0 aliphatic rings. The van der Waals surface area contributed by atoms with Crippen molar-refractivity contribution in [3.05, 3.63) is 71.8 Å². The molecule has 1 atom stereocenters. The normalized spacial score (nSPS) is 12.5. The Morgan fingerprint density at radius 2 is 1.21 bits per heavy atom. The van der Waals surface area contributed by atoms with Crippen LogP contribution < -0.4 is 10.6 Å². The van der Waals surface area contributed by atoms with Crippen molar-refractivity contribution in [1.29, 1.82) is 0 Å². The molecule has 0 saturated carbocycles. The average molecular weight is 415 g/mol. The molecule has 24 heavy (non-hydrogen) atoms. The molecular formula is C19H24Cl2CuN2. The van der Waals surface area contributed by atoms with E-state index in [-0.39, 0.29) is 22.4 Å². The Morgan fingerprint density at radius 3 is 1.54 bits per heavy atom. The summed E-state index contributed by atoms with van der Waals surface area (Å²) in [5.74, 6) is 0. The first-order valence-electron chi connectivity index (χ1n) is 8.01. The van der Waals surface area contributed by atoms with E-state index in [4.69, 9.17) is 23.2 Å². The molecule has 0 aromatic heterocycles. The molecule has 2 aromatic carbocycles. The summed E-state index contributed by atoms with van der Waals surface area (Å²) in [6, 6.07) is 20.7. The number of hydrogen-bond acceptors (Lipinski definition) is 2. The molecule has 2 rings (SSSR count). The standard InChI is InChI=1S/C19H24Cl2N2.Cu/c1-16(20)19(21,22-14-12-17-8-4-2-5-9-17)23-15-13-18-10-6-3-7-11-18;/h2-11,16,22-23H,12-15H2,1H3;. The molecule has 1 radical (unpaired) electrons. The third-order valence-electron chi connectivity index (χ3n) is 3.83. The monoisotopic (exact) mass is 413 g/mol. The first kappa shape index (κ1) is 21.5. The minimum Gasteiger partial charge on any atom is -0.285 e. The van der Waals surface area contributed by atoms with Crippen LogP contribution in [-0.2, 0) is 29.9 Å². The molecule has 0 aliphatic carbocycles. The number of benzene rings is 2. The predicted octanol–water partition coefficient (Wildman–Crippen LogP) is 4.17. The fourth-order valence-corrected chi connectivity index (χ4v) is 2.75. The third-order valence-corrected chi connectivity index (χ3v) is 4.86. The third kappa shape index (κ3) is 7.14. The molecule has 0 amide bonds. The molecule has 0 heterocycles.